The molecule has 7 heteroatoms. The maximum Gasteiger partial charge on any atom is 0.259 e. The molecule has 0 saturated carbocycles. The number of nitrogens with zero attached hydrogens (tertiary/aromatic N) is 2. The number of rotatable bonds is 4. The quantitative estimate of drug-likeness (QED) is 0.615. The van der Waals surface area contributed by atoms with E-state index in [-0.39, 0.29) is 11.8 Å². The SMILES string of the molecule is C=CC.CC1CN(C(=O)C(N)Cc2ccc(Cl)c(Cl)c2)N=C1c1ccc(Cl)cc1. The standard InChI is InChI=1S/C19H18Cl3N3O.C3H6/c1-11-10-25(24-18(11)13-3-5-14(20)6-4-13)19(26)17(23)9-12-2-7-15(21)16(22)8-12;1-3-2/h2-8,11,17H,9-10,23H2,1H3;3H,1H2,2H3. The maximum atomic E-state index is 12.7. The highest BCUT2D eigenvalue weighted by molar-refractivity contribution is 6.42. The van der Waals surface area contributed by atoms with Crippen LogP contribution in [0.15, 0.2) is 60.2 Å². The zero-order valence-corrected chi connectivity index (χ0v) is 18.7. The third-order valence-electron chi connectivity index (χ3n) is 4.29. The summed E-state index contributed by atoms with van der Waals surface area (Å²) in [5, 5.41) is 7.53. The topological polar surface area (TPSA) is 58.7 Å². The van der Waals surface area contributed by atoms with E-state index in [9.17, 15) is 4.79 Å². The van der Waals surface area contributed by atoms with Gasteiger partial charge in [-0.15, -0.1) is 6.58 Å². The number of halogens is 3. The van der Waals surface area contributed by atoms with E-state index < -0.39 is 6.04 Å². The van der Waals surface area contributed by atoms with E-state index in [1.807, 2.05) is 44.2 Å². The normalized spacial score (nSPS) is 16.6. The van der Waals surface area contributed by atoms with Crippen LogP contribution >= 0.6 is 34.8 Å². The second-order valence-corrected chi connectivity index (χ2v) is 8.03. The van der Waals surface area contributed by atoms with Crippen LogP contribution in [0.5, 0.6) is 0 Å². The summed E-state index contributed by atoms with van der Waals surface area (Å²) < 4.78 is 0. The summed E-state index contributed by atoms with van der Waals surface area (Å²) in [6.45, 7) is 7.79. The lowest BCUT2D eigenvalue weighted by Gasteiger charge is -2.18. The largest absolute Gasteiger partial charge is 0.320 e. The van der Waals surface area contributed by atoms with Crippen LogP contribution < -0.4 is 5.73 Å². The number of hydrogen-bond acceptors (Lipinski definition) is 3. The molecule has 2 unspecified atom stereocenters. The molecule has 29 heavy (non-hydrogen) atoms. The number of carbonyl (C=O) groups excluding carboxylic acids is 1. The van der Waals surface area contributed by atoms with E-state index in [0.29, 0.717) is 28.0 Å². The van der Waals surface area contributed by atoms with E-state index >= 15 is 0 Å². The van der Waals surface area contributed by atoms with Crippen molar-refractivity contribution in [2.45, 2.75) is 26.3 Å². The fourth-order valence-electron chi connectivity index (χ4n) is 2.92. The van der Waals surface area contributed by atoms with Crippen molar-refractivity contribution in [3.8, 4) is 0 Å². The van der Waals surface area contributed by atoms with Crippen LogP contribution in [0, 0.1) is 5.92 Å². The molecule has 0 fully saturated rings. The van der Waals surface area contributed by atoms with Crippen molar-refractivity contribution in [1.82, 2.24) is 5.01 Å². The van der Waals surface area contributed by atoms with Crippen LogP contribution in [0.1, 0.15) is 25.0 Å². The summed E-state index contributed by atoms with van der Waals surface area (Å²) in [5.41, 5.74) is 8.78. The lowest BCUT2D eigenvalue weighted by Crippen LogP contribution is -2.42. The van der Waals surface area contributed by atoms with Gasteiger partial charge in [0.25, 0.3) is 5.91 Å². The van der Waals surface area contributed by atoms with Crippen LogP contribution in [-0.4, -0.2) is 29.2 Å². The third-order valence-corrected chi connectivity index (χ3v) is 5.28. The summed E-state index contributed by atoms with van der Waals surface area (Å²) in [6.07, 6.45) is 2.12. The molecule has 2 atom stereocenters. The van der Waals surface area contributed by atoms with E-state index in [1.54, 1.807) is 18.2 Å². The monoisotopic (exact) mass is 451 g/mol. The Kier molecular flexibility index (Phi) is 8.72. The third kappa shape index (κ3) is 6.31. The molecule has 2 aromatic rings. The lowest BCUT2D eigenvalue weighted by atomic mass is 9.99. The molecule has 154 valence electrons. The summed E-state index contributed by atoms with van der Waals surface area (Å²) in [4.78, 5) is 12.7. The second kappa shape index (κ2) is 10.8. The molecule has 1 heterocycles. The van der Waals surface area contributed by atoms with Crippen molar-refractivity contribution < 1.29 is 4.79 Å². The molecule has 0 aromatic heterocycles. The summed E-state index contributed by atoms with van der Waals surface area (Å²) in [6, 6.07) is 12.0. The Balaban J connectivity index is 0.000000941. The summed E-state index contributed by atoms with van der Waals surface area (Å²) >= 11 is 17.9. The molecule has 1 aliphatic heterocycles. The number of carbonyl (C=O) groups is 1. The second-order valence-electron chi connectivity index (χ2n) is 6.78. The number of hydrazone groups is 1. The highest BCUT2D eigenvalue weighted by Crippen LogP contribution is 2.24. The van der Waals surface area contributed by atoms with Gasteiger partial charge in [0.2, 0.25) is 0 Å². The van der Waals surface area contributed by atoms with E-state index in [1.165, 1.54) is 5.01 Å². The molecule has 3 rings (SSSR count). The maximum absolute atomic E-state index is 12.7. The van der Waals surface area contributed by atoms with E-state index in [2.05, 4.69) is 11.7 Å². The molecule has 0 saturated heterocycles. The van der Waals surface area contributed by atoms with Crippen LogP contribution in [0.4, 0.5) is 0 Å². The minimum atomic E-state index is -0.701. The molecular weight excluding hydrogens is 429 g/mol. The van der Waals surface area contributed by atoms with Crippen LogP contribution in [0.2, 0.25) is 15.1 Å². The van der Waals surface area contributed by atoms with Crippen LogP contribution in [0.25, 0.3) is 0 Å². The first-order valence-corrected chi connectivity index (χ1v) is 10.3. The van der Waals surface area contributed by atoms with Crippen molar-refractivity contribution in [1.29, 1.82) is 0 Å². The molecule has 0 spiro atoms. The van der Waals surface area contributed by atoms with Crippen molar-refractivity contribution >= 4 is 46.4 Å². The van der Waals surface area contributed by atoms with E-state index in [0.717, 1.165) is 16.8 Å². The van der Waals surface area contributed by atoms with Crippen molar-refractivity contribution in [3.63, 3.8) is 0 Å². The first kappa shape index (κ1) is 23.4. The van der Waals surface area contributed by atoms with Gasteiger partial charge in [0.15, 0.2) is 0 Å². The summed E-state index contributed by atoms with van der Waals surface area (Å²) in [7, 11) is 0. The Hall–Kier alpha value is -1.85. The first-order valence-electron chi connectivity index (χ1n) is 9.19. The van der Waals surface area contributed by atoms with Gasteiger partial charge in [0.05, 0.1) is 28.3 Å². The van der Waals surface area contributed by atoms with Crippen LogP contribution in [0.3, 0.4) is 0 Å². The molecule has 4 nitrogen and oxygen atoms in total. The van der Waals surface area contributed by atoms with Gasteiger partial charge in [0, 0.05) is 10.9 Å². The fraction of sp³-hybridized carbons (Fsp3) is 0.273. The average molecular weight is 453 g/mol. The lowest BCUT2D eigenvalue weighted by molar-refractivity contribution is -0.132. The molecular formula is C22H24Cl3N3O. The predicted molar refractivity (Wildman–Crippen MR) is 123 cm³/mol. The van der Waals surface area contributed by atoms with Gasteiger partial charge in [-0.25, -0.2) is 5.01 Å². The molecule has 2 aromatic carbocycles. The Labute approximate surface area is 186 Å². The molecule has 2 N–H and O–H groups in total. The Bertz CT molecular complexity index is 897. The Morgan fingerprint density at radius 1 is 1.24 bits per heavy atom. The minimum absolute atomic E-state index is 0.123. The van der Waals surface area contributed by atoms with Gasteiger partial charge >= 0.3 is 0 Å². The Morgan fingerprint density at radius 3 is 2.45 bits per heavy atom. The van der Waals surface area contributed by atoms with Gasteiger partial charge in [-0.3, -0.25) is 4.79 Å². The highest BCUT2D eigenvalue weighted by atomic mass is 35.5. The predicted octanol–water partition coefficient (Wildman–Crippen LogP) is 5.59. The number of allylic oxidation sites excluding steroid dienone is 1. The minimum Gasteiger partial charge on any atom is -0.320 e. The summed E-state index contributed by atoms with van der Waals surface area (Å²) in [5.74, 6) is -0.0933. The van der Waals surface area contributed by atoms with Gasteiger partial charge < -0.3 is 5.73 Å². The zero-order chi connectivity index (χ0) is 21.6. The number of nitrogens with two attached hydrogens (primary N) is 1. The van der Waals surface area contributed by atoms with E-state index in [4.69, 9.17) is 40.5 Å². The van der Waals surface area contributed by atoms with Gasteiger partial charge in [-0.05, 0) is 48.7 Å². The van der Waals surface area contributed by atoms with Crippen molar-refractivity contribution in [2.24, 2.45) is 16.8 Å². The zero-order valence-electron chi connectivity index (χ0n) is 16.4. The highest BCUT2D eigenvalue weighted by Gasteiger charge is 2.30. The van der Waals surface area contributed by atoms with Gasteiger partial charge in [0.1, 0.15) is 0 Å². The van der Waals surface area contributed by atoms with Gasteiger partial charge in [-0.1, -0.05) is 66.0 Å². The molecule has 0 aliphatic carbocycles. The number of benzene rings is 2. The molecule has 0 radical (unpaired) electrons. The van der Waals surface area contributed by atoms with Crippen LogP contribution in [-0.2, 0) is 11.2 Å². The first-order chi connectivity index (χ1) is 13.8. The van der Waals surface area contributed by atoms with Gasteiger partial charge in [-0.2, -0.15) is 5.10 Å². The van der Waals surface area contributed by atoms with Crippen molar-refractivity contribution in [3.05, 3.63) is 81.3 Å². The van der Waals surface area contributed by atoms with Crippen molar-refractivity contribution in [2.75, 3.05) is 6.54 Å². The smallest absolute Gasteiger partial charge is 0.259 e. The fourth-order valence-corrected chi connectivity index (χ4v) is 3.36. The number of amides is 1. The number of hydrogen-bond donors (Lipinski definition) is 1. The average Bonchev–Trinajstić information content (AvgIpc) is 3.07. The molecule has 1 amide bonds. The molecule has 1 aliphatic rings. The molecule has 0 bridgehead atoms. The Morgan fingerprint density at radius 2 is 1.86 bits per heavy atom.